The Morgan fingerprint density at radius 3 is 2.19 bits per heavy atom. The second-order valence-corrected chi connectivity index (χ2v) is 5.24. The number of fused-ring (bicyclic) bond motifs is 1. The molecular formula is C12H19F3O. The van der Waals surface area contributed by atoms with Gasteiger partial charge in [-0.2, -0.15) is 13.2 Å². The molecule has 4 heteroatoms. The molecule has 2 aliphatic carbocycles. The van der Waals surface area contributed by atoms with Gasteiger partial charge in [-0.25, -0.2) is 0 Å². The van der Waals surface area contributed by atoms with Crippen LogP contribution in [0.5, 0.6) is 0 Å². The van der Waals surface area contributed by atoms with Gasteiger partial charge < -0.3 is 4.74 Å². The summed E-state index contributed by atoms with van der Waals surface area (Å²) in [5.74, 6) is -0.295. The van der Waals surface area contributed by atoms with Crippen molar-refractivity contribution in [2.24, 2.45) is 17.8 Å². The largest absolute Gasteiger partial charge is 0.391 e. The van der Waals surface area contributed by atoms with Gasteiger partial charge in [-0.3, -0.25) is 0 Å². The zero-order valence-corrected chi connectivity index (χ0v) is 9.59. The third-order valence-corrected chi connectivity index (χ3v) is 4.36. The molecule has 2 fully saturated rings. The quantitative estimate of drug-likeness (QED) is 0.673. The van der Waals surface area contributed by atoms with Gasteiger partial charge in [-0.15, -0.1) is 0 Å². The molecule has 4 atom stereocenters. The molecule has 2 aliphatic rings. The normalized spacial score (nSPS) is 40.5. The summed E-state index contributed by atoms with van der Waals surface area (Å²) >= 11 is 0. The van der Waals surface area contributed by atoms with E-state index in [1.54, 1.807) is 7.11 Å². The van der Waals surface area contributed by atoms with Crippen molar-refractivity contribution in [3.8, 4) is 0 Å². The van der Waals surface area contributed by atoms with E-state index in [1.807, 2.05) is 0 Å². The summed E-state index contributed by atoms with van der Waals surface area (Å²) in [6.07, 6.45) is 0.511. The monoisotopic (exact) mass is 236 g/mol. The Labute approximate surface area is 94.4 Å². The van der Waals surface area contributed by atoms with Crippen LogP contribution in [0.15, 0.2) is 0 Å². The maximum atomic E-state index is 12.6. The molecule has 0 spiro atoms. The summed E-state index contributed by atoms with van der Waals surface area (Å²) in [6, 6.07) is 0. The van der Waals surface area contributed by atoms with Crippen molar-refractivity contribution in [3.05, 3.63) is 0 Å². The third-order valence-electron chi connectivity index (χ3n) is 4.36. The number of hydrogen-bond acceptors (Lipinski definition) is 1. The lowest BCUT2D eigenvalue weighted by atomic mass is 9.66. The zero-order valence-electron chi connectivity index (χ0n) is 9.59. The summed E-state index contributed by atoms with van der Waals surface area (Å²) < 4.78 is 43.2. The molecule has 4 unspecified atom stereocenters. The van der Waals surface area contributed by atoms with Gasteiger partial charge in [0.15, 0.2) is 0 Å². The van der Waals surface area contributed by atoms with Crippen LogP contribution < -0.4 is 0 Å². The minimum atomic E-state index is -3.98. The maximum absolute atomic E-state index is 12.6. The lowest BCUT2D eigenvalue weighted by Crippen LogP contribution is -2.37. The SMILES string of the molecule is COC1CCC2CC(C(F)(F)F)CCC2C1. The van der Waals surface area contributed by atoms with Crippen molar-refractivity contribution in [3.63, 3.8) is 0 Å². The average molecular weight is 236 g/mol. The van der Waals surface area contributed by atoms with Gasteiger partial charge in [0.2, 0.25) is 0 Å². The van der Waals surface area contributed by atoms with E-state index in [0.29, 0.717) is 18.8 Å². The van der Waals surface area contributed by atoms with Crippen molar-refractivity contribution in [2.45, 2.75) is 50.8 Å². The zero-order chi connectivity index (χ0) is 11.8. The van der Waals surface area contributed by atoms with Crippen LogP contribution in [-0.4, -0.2) is 19.4 Å². The molecular weight excluding hydrogens is 217 g/mol. The molecule has 0 heterocycles. The summed E-state index contributed by atoms with van der Waals surface area (Å²) in [6.45, 7) is 0. The number of ether oxygens (including phenoxy) is 1. The van der Waals surface area contributed by atoms with Gasteiger partial charge in [0, 0.05) is 7.11 Å². The van der Waals surface area contributed by atoms with Crippen LogP contribution in [0.1, 0.15) is 38.5 Å². The first-order chi connectivity index (χ1) is 7.50. The van der Waals surface area contributed by atoms with Crippen LogP contribution in [0.25, 0.3) is 0 Å². The fraction of sp³-hybridized carbons (Fsp3) is 1.00. The van der Waals surface area contributed by atoms with E-state index in [1.165, 1.54) is 0 Å². The van der Waals surface area contributed by atoms with E-state index in [4.69, 9.17) is 4.74 Å². The number of halogens is 3. The first-order valence-electron chi connectivity index (χ1n) is 6.10. The number of hydrogen-bond donors (Lipinski definition) is 0. The minimum absolute atomic E-state index is 0.281. The van der Waals surface area contributed by atoms with E-state index >= 15 is 0 Å². The van der Waals surface area contributed by atoms with Crippen LogP contribution in [0.3, 0.4) is 0 Å². The van der Waals surface area contributed by atoms with Crippen molar-refractivity contribution < 1.29 is 17.9 Å². The molecule has 94 valence electrons. The van der Waals surface area contributed by atoms with Crippen LogP contribution in [0, 0.1) is 17.8 Å². The van der Waals surface area contributed by atoms with E-state index in [2.05, 4.69) is 0 Å². The highest BCUT2D eigenvalue weighted by molar-refractivity contribution is 4.88. The van der Waals surface area contributed by atoms with Crippen molar-refractivity contribution >= 4 is 0 Å². The Morgan fingerprint density at radius 1 is 0.938 bits per heavy atom. The van der Waals surface area contributed by atoms with Crippen LogP contribution in [0.2, 0.25) is 0 Å². The first-order valence-corrected chi connectivity index (χ1v) is 6.10. The Hall–Kier alpha value is -0.250. The molecule has 0 aromatic rings. The van der Waals surface area contributed by atoms with Gasteiger partial charge in [-0.05, 0) is 50.4 Å². The number of rotatable bonds is 1. The lowest BCUT2D eigenvalue weighted by Gasteiger charge is -2.42. The van der Waals surface area contributed by atoms with Gasteiger partial charge in [0.1, 0.15) is 0 Å². The van der Waals surface area contributed by atoms with Gasteiger partial charge in [0.05, 0.1) is 12.0 Å². The minimum Gasteiger partial charge on any atom is -0.381 e. The molecule has 1 nitrogen and oxygen atoms in total. The number of methoxy groups -OCH3 is 1. The van der Waals surface area contributed by atoms with Crippen LogP contribution in [0.4, 0.5) is 13.2 Å². The highest BCUT2D eigenvalue weighted by Gasteiger charge is 2.46. The molecule has 0 aromatic carbocycles. The highest BCUT2D eigenvalue weighted by Crippen LogP contribution is 2.47. The van der Waals surface area contributed by atoms with Crippen LogP contribution >= 0.6 is 0 Å². The molecule has 16 heavy (non-hydrogen) atoms. The Balaban J connectivity index is 1.93. The van der Waals surface area contributed by atoms with Crippen molar-refractivity contribution in [2.75, 3.05) is 7.11 Å². The topological polar surface area (TPSA) is 9.23 Å². The Bertz CT molecular complexity index is 239. The molecule has 0 N–H and O–H groups in total. The number of alkyl halides is 3. The van der Waals surface area contributed by atoms with Crippen molar-refractivity contribution in [1.82, 2.24) is 0 Å². The standard InChI is InChI=1S/C12H19F3O/c1-16-11-5-3-8-6-10(12(13,14)15)4-2-9(8)7-11/h8-11H,2-7H2,1H3. The summed E-state index contributed by atoms with van der Waals surface area (Å²) in [7, 11) is 1.70. The summed E-state index contributed by atoms with van der Waals surface area (Å²) in [5, 5.41) is 0. The Kier molecular flexibility index (Phi) is 3.48. The predicted octanol–water partition coefficient (Wildman–Crippen LogP) is 3.78. The predicted molar refractivity (Wildman–Crippen MR) is 55.0 cm³/mol. The van der Waals surface area contributed by atoms with Crippen molar-refractivity contribution in [1.29, 1.82) is 0 Å². The fourth-order valence-corrected chi connectivity index (χ4v) is 3.36. The maximum Gasteiger partial charge on any atom is 0.391 e. The van der Waals surface area contributed by atoms with E-state index in [-0.39, 0.29) is 12.0 Å². The second kappa shape index (κ2) is 4.55. The van der Waals surface area contributed by atoms with E-state index in [9.17, 15) is 13.2 Å². The lowest BCUT2D eigenvalue weighted by molar-refractivity contribution is -0.191. The molecule has 0 aliphatic heterocycles. The first kappa shape index (κ1) is 12.2. The summed E-state index contributed by atoms with van der Waals surface area (Å²) in [4.78, 5) is 0. The van der Waals surface area contributed by atoms with Gasteiger partial charge in [-0.1, -0.05) is 0 Å². The van der Waals surface area contributed by atoms with E-state index < -0.39 is 12.1 Å². The van der Waals surface area contributed by atoms with Crippen LogP contribution in [-0.2, 0) is 4.74 Å². The molecule has 0 bridgehead atoms. The summed E-state index contributed by atoms with van der Waals surface area (Å²) in [5.41, 5.74) is 0. The van der Waals surface area contributed by atoms with Gasteiger partial charge >= 0.3 is 6.18 Å². The molecule has 2 rings (SSSR count). The fourth-order valence-electron chi connectivity index (χ4n) is 3.36. The van der Waals surface area contributed by atoms with Gasteiger partial charge in [0.25, 0.3) is 0 Å². The molecule has 2 saturated carbocycles. The third kappa shape index (κ3) is 2.53. The molecule has 0 saturated heterocycles. The molecule has 0 amide bonds. The molecule has 0 aromatic heterocycles. The smallest absolute Gasteiger partial charge is 0.381 e. The van der Waals surface area contributed by atoms with E-state index in [0.717, 1.165) is 25.7 Å². The molecule has 0 radical (unpaired) electrons. The highest BCUT2D eigenvalue weighted by atomic mass is 19.4. The average Bonchev–Trinajstić information content (AvgIpc) is 2.26. The Morgan fingerprint density at radius 2 is 1.56 bits per heavy atom. The second-order valence-electron chi connectivity index (χ2n) is 5.24.